The van der Waals surface area contributed by atoms with Gasteiger partial charge < -0.3 is 10.8 Å². The number of halogens is 4. The third-order valence-electron chi connectivity index (χ3n) is 2.49. The summed E-state index contributed by atoms with van der Waals surface area (Å²) in [6.45, 7) is -3.04. The number of aliphatic carboxylic acids is 1. The normalized spacial score (nSPS) is 11.7. The molecule has 1 aromatic carbocycles. The number of benzene rings is 1. The molecule has 9 heteroatoms. The maximum Gasteiger partial charge on any atom is 0.401 e. The smallest absolute Gasteiger partial charge is 0.401 e. The van der Waals surface area contributed by atoms with Crippen molar-refractivity contribution in [3.63, 3.8) is 0 Å². The molecule has 3 N–H and O–H groups in total. The molecule has 0 saturated heterocycles. The molecule has 21 heavy (non-hydrogen) atoms. The minimum absolute atomic E-state index is 0.0753. The van der Waals surface area contributed by atoms with Gasteiger partial charge in [-0.15, -0.1) is 0 Å². The average Bonchev–Trinajstić information content (AvgIpc) is 2.28. The van der Waals surface area contributed by atoms with Gasteiger partial charge in [0.05, 0.1) is 13.1 Å². The maximum absolute atomic E-state index is 13.6. The average molecular weight is 308 g/mol. The summed E-state index contributed by atoms with van der Waals surface area (Å²) in [5, 5.41) is 8.59. The molecule has 5 nitrogen and oxygen atoms in total. The summed E-state index contributed by atoms with van der Waals surface area (Å²) in [5.74, 6) is -3.19. The van der Waals surface area contributed by atoms with Crippen LogP contribution in [0.15, 0.2) is 18.2 Å². The summed E-state index contributed by atoms with van der Waals surface area (Å²) >= 11 is 0. The van der Waals surface area contributed by atoms with Crippen molar-refractivity contribution in [1.29, 1.82) is 0 Å². The van der Waals surface area contributed by atoms with Crippen molar-refractivity contribution >= 4 is 11.9 Å². The van der Waals surface area contributed by atoms with Gasteiger partial charge in [-0.1, -0.05) is 0 Å². The molecule has 1 rings (SSSR count). The fraction of sp³-hybridized carbons (Fsp3) is 0.333. The lowest BCUT2D eigenvalue weighted by molar-refractivity contribution is -0.155. The molecular weight excluding hydrogens is 296 g/mol. The molecule has 0 aromatic heterocycles. The van der Waals surface area contributed by atoms with Gasteiger partial charge in [0.2, 0.25) is 5.91 Å². The van der Waals surface area contributed by atoms with Crippen molar-refractivity contribution in [3.05, 3.63) is 35.1 Å². The fourth-order valence-corrected chi connectivity index (χ4v) is 1.70. The molecule has 0 spiro atoms. The number of rotatable bonds is 6. The molecule has 116 valence electrons. The first-order chi connectivity index (χ1) is 9.58. The molecule has 0 unspecified atom stereocenters. The van der Waals surface area contributed by atoms with E-state index in [1.54, 1.807) is 0 Å². The lowest BCUT2D eigenvalue weighted by Gasteiger charge is -2.22. The topological polar surface area (TPSA) is 83.6 Å². The predicted octanol–water partition coefficient (Wildman–Crippen LogP) is 1.37. The van der Waals surface area contributed by atoms with Gasteiger partial charge in [-0.2, -0.15) is 13.2 Å². The van der Waals surface area contributed by atoms with Gasteiger partial charge in [-0.3, -0.25) is 14.5 Å². The number of carboxylic acids is 1. The lowest BCUT2D eigenvalue weighted by atomic mass is 10.1. The number of nitrogens with zero attached hydrogens (tertiary/aromatic N) is 1. The summed E-state index contributed by atoms with van der Waals surface area (Å²) in [7, 11) is 0. The zero-order chi connectivity index (χ0) is 16.2. The standard InChI is InChI=1S/C12H12F4N2O3/c13-9-2-1-7(11(17)21)3-8(9)4-18(5-10(19)20)6-12(14,15)16/h1-3H,4-6H2,(H2,17,21)(H,19,20). The molecule has 0 radical (unpaired) electrons. The van der Waals surface area contributed by atoms with Crippen molar-refractivity contribution in [2.24, 2.45) is 5.73 Å². The monoisotopic (exact) mass is 308 g/mol. The van der Waals surface area contributed by atoms with Crippen LogP contribution in [0, 0.1) is 5.82 Å². The highest BCUT2D eigenvalue weighted by Crippen LogP contribution is 2.19. The zero-order valence-corrected chi connectivity index (χ0v) is 10.7. The summed E-state index contributed by atoms with van der Waals surface area (Å²) in [6.07, 6.45) is -4.63. The molecule has 1 amide bonds. The van der Waals surface area contributed by atoms with Gasteiger partial charge in [-0.25, -0.2) is 4.39 Å². The van der Waals surface area contributed by atoms with Crippen molar-refractivity contribution in [1.82, 2.24) is 4.90 Å². The SMILES string of the molecule is NC(=O)c1ccc(F)c(CN(CC(=O)O)CC(F)(F)F)c1. The molecule has 0 fully saturated rings. The van der Waals surface area contributed by atoms with Crippen LogP contribution in [-0.4, -0.2) is 41.1 Å². The number of alkyl halides is 3. The Balaban J connectivity index is 2.99. The second kappa shape index (κ2) is 6.53. The van der Waals surface area contributed by atoms with Crippen LogP contribution < -0.4 is 5.73 Å². The van der Waals surface area contributed by atoms with Crippen LogP contribution in [0.2, 0.25) is 0 Å². The van der Waals surface area contributed by atoms with Crippen LogP contribution in [0.3, 0.4) is 0 Å². The number of carbonyl (C=O) groups is 2. The Labute approximate surface area is 117 Å². The van der Waals surface area contributed by atoms with Gasteiger partial charge in [-0.05, 0) is 18.2 Å². The van der Waals surface area contributed by atoms with Gasteiger partial charge in [0.15, 0.2) is 0 Å². The first kappa shape index (κ1) is 16.9. The molecule has 0 bridgehead atoms. The van der Waals surface area contributed by atoms with E-state index >= 15 is 0 Å². The summed E-state index contributed by atoms with van der Waals surface area (Å²) < 4.78 is 50.6. The van der Waals surface area contributed by atoms with E-state index in [1.807, 2.05) is 0 Å². The zero-order valence-electron chi connectivity index (χ0n) is 10.7. The molecule has 0 saturated carbocycles. The largest absolute Gasteiger partial charge is 0.480 e. The Hall–Kier alpha value is -2.16. The van der Waals surface area contributed by atoms with E-state index in [9.17, 15) is 27.2 Å². The minimum atomic E-state index is -4.63. The van der Waals surface area contributed by atoms with Crippen LogP contribution in [0.25, 0.3) is 0 Å². The third-order valence-corrected chi connectivity index (χ3v) is 2.49. The molecule has 1 aromatic rings. The highest BCUT2D eigenvalue weighted by Gasteiger charge is 2.31. The summed E-state index contributed by atoms with van der Waals surface area (Å²) in [6, 6.07) is 2.98. The highest BCUT2D eigenvalue weighted by molar-refractivity contribution is 5.92. The van der Waals surface area contributed by atoms with E-state index in [0.717, 1.165) is 18.2 Å². The van der Waals surface area contributed by atoms with Crippen LogP contribution >= 0.6 is 0 Å². The number of carboxylic acid groups (broad SMARTS) is 1. The van der Waals surface area contributed by atoms with Crippen LogP contribution in [-0.2, 0) is 11.3 Å². The maximum atomic E-state index is 13.6. The number of carbonyl (C=O) groups excluding carboxylic acids is 1. The molecule has 0 atom stereocenters. The number of primary amides is 1. The molecule has 0 aliphatic rings. The van der Waals surface area contributed by atoms with Crippen molar-refractivity contribution in [2.75, 3.05) is 13.1 Å². The van der Waals surface area contributed by atoms with Gasteiger partial charge in [0.25, 0.3) is 0 Å². The first-order valence-corrected chi connectivity index (χ1v) is 5.67. The first-order valence-electron chi connectivity index (χ1n) is 5.67. The number of hydrogen-bond acceptors (Lipinski definition) is 3. The van der Waals surface area contributed by atoms with E-state index < -0.39 is 43.5 Å². The van der Waals surface area contributed by atoms with Crippen molar-refractivity contribution < 1.29 is 32.3 Å². The minimum Gasteiger partial charge on any atom is -0.480 e. The second-order valence-corrected chi connectivity index (χ2v) is 4.32. The molecule has 0 heterocycles. The molecule has 0 aliphatic carbocycles. The fourth-order valence-electron chi connectivity index (χ4n) is 1.70. The number of nitrogens with two attached hydrogens (primary N) is 1. The molecular formula is C12H12F4N2O3. The number of amides is 1. The van der Waals surface area contributed by atoms with Crippen molar-refractivity contribution in [3.8, 4) is 0 Å². The lowest BCUT2D eigenvalue weighted by Crippen LogP contribution is -2.37. The van der Waals surface area contributed by atoms with Gasteiger partial charge >= 0.3 is 12.1 Å². The third kappa shape index (κ3) is 5.78. The Kier molecular flexibility index (Phi) is 5.25. The van der Waals surface area contributed by atoms with Crippen molar-refractivity contribution in [2.45, 2.75) is 12.7 Å². The van der Waals surface area contributed by atoms with E-state index in [-0.39, 0.29) is 11.1 Å². The van der Waals surface area contributed by atoms with Crippen LogP contribution in [0.4, 0.5) is 17.6 Å². The number of hydrogen-bond donors (Lipinski definition) is 2. The van der Waals surface area contributed by atoms with Crippen LogP contribution in [0.1, 0.15) is 15.9 Å². The van der Waals surface area contributed by atoms with Gasteiger partial charge in [0.1, 0.15) is 5.82 Å². The summed E-state index contributed by atoms with van der Waals surface area (Å²) in [5.41, 5.74) is 4.68. The summed E-state index contributed by atoms with van der Waals surface area (Å²) in [4.78, 5) is 22.0. The highest BCUT2D eigenvalue weighted by atomic mass is 19.4. The Morgan fingerprint density at radius 1 is 1.29 bits per heavy atom. The Morgan fingerprint density at radius 3 is 2.38 bits per heavy atom. The van der Waals surface area contributed by atoms with E-state index in [4.69, 9.17) is 10.8 Å². The van der Waals surface area contributed by atoms with Crippen LogP contribution in [0.5, 0.6) is 0 Å². The Bertz CT molecular complexity index is 546. The van der Waals surface area contributed by atoms with E-state index in [1.165, 1.54) is 0 Å². The second-order valence-electron chi connectivity index (χ2n) is 4.32. The predicted molar refractivity (Wildman–Crippen MR) is 63.9 cm³/mol. The quantitative estimate of drug-likeness (QED) is 0.778. The molecule has 0 aliphatic heterocycles. The van der Waals surface area contributed by atoms with Gasteiger partial charge in [0, 0.05) is 17.7 Å². The Morgan fingerprint density at radius 2 is 1.90 bits per heavy atom. The van der Waals surface area contributed by atoms with E-state index in [2.05, 4.69) is 0 Å². The van der Waals surface area contributed by atoms with E-state index in [0.29, 0.717) is 4.90 Å².